The van der Waals surface area contributed by atoms with Gasteiger partial charge >= 0.3 is 0 Å². The largest absolute Gasteiger partial charge is 0.376 e. The molecule has 1 N–H and O–H groups in total. The van der Waals surface area contributed by atoms with Crippen LogP contribution in [0.4, 0.5) is 0 Å². The highest BCUT2D eigenvalue weighted by Gasteiger charge is 2.23. The summed E-state index contributed by atoms with van der Waals surface area (Å²) in [6.45, 7) is 3.28. The quantitative estimate of drug-likeness (QED) is 0.555. The van der Waals surface area contributed by atoms with Crippen LogP contribution in [0.2, 0.25) is 0 Å². The van der Waals surface area contributed by atoms with Crippen molar-refractivity contribution >= 4 is 11.4 Å². The number of nitrogens with zero attached hydrogens (tertiary/aromatic N) is 5. The van der Waals surface area contributed by atoms with E-state index in [9.17, 15) is 4.79 Å². The molecule has 3 aromatic heterocycles. The van der Waals surface area contributed by atoms with Crippen LogP contribution in [0, 0.1) is 6.92 Å². The van der Waals surface area contributed by atoms with Gasteiger partial charge in [0.05, 0.1) is 29.7 Å². The van der Waals surface area contributed by atoms with Crippen LogP contribution < -0.4 is 5.32 Å². The summed E-state index contributed by atoms with van der Waals surface area (Å²) in [5.74, 6) is 0.399. The molecule has 0 bridgehead atoms. The van der Waals surface area contributed by atoms with E-state index in [1.165, 1.54) is 5.56 Å². The number of fused-ring (bicyclic) bond motifs is 1. The van der Waals surface area contributed by atoms with E-state index < -0.39 is 0 Å². The maximum atomic E-state index is 12.9. The summed E-state index contributed by atoms with van der Waals surface area (Å²) in [4.78, 5) is 21.8. The van der Waals surface area contributed by atoms with Gasteiger partial charge in [0, 0.05) is 25.5 Å². The van der Waals surface area contributed by atoms with Crippen molar-refractivity contribution in [2.24, 2.45) is 0 Å². The summed E-state index contributed by atoms with van der Waals surface area (Å²) in [5.41, 5.74) is 3.88. The maximum absolute atomic E-state index is 12.9. The van der Waals surface area contributed by atoms with E-state index in [4.69, 9.17) is 4.74 Å². The zero-order chi connectivity index (χ0) is 20.5. The Balaban J connectivity index is 1.53. The monoisotopic (exact) mass is 402 g/mol. The Morgan fingerprint density at radius 3 is 2.90 bits per heavy atom. The van der Waals surface area contributed by atoms with Crippen molar-refractivity contribution in [3.05, 3.63) is 66.4 Å². The minimum Gasteiger partial charge on any atom is -0.376 e. The number of nitrogens with one attached hydrogen (secondary N) is 1. The summed E-state index contributed by atoms with van der Waals surface area (Å²) in [5, 5.41) is 7.43. The number of hydrogen-bond donors (Lipinski definition) is 1. The Hall–Kier alpha value is -3.52. The molecule has 8 nitrogen and oxygen atoms in total. The number of amides is 1. The minimum atomic E-state index is -0.233. The first-order valence-electron chi connectivity index (χ1n) is 10.0. The molecule has 8 heteroatoms. The predicted molar refractivity (Wildman–Crippen MR) is 112 cm³/mol. The molecule has 30 heavy (non-hydrogen) atoms. The molecule has 1 unspecified atom stereocenters. The van der Waals surface area contributed by atoms with Gasteiger partial charge in [-0.05, 0) is 38.0 Å². The highest BCUT2D eigenvalue weighted by atomic mass is 16.5. The van der Waals surface area contributed by atoms with Gasteiger partial charge in [-0.1, -0.05) is 17.7 Å². The van der Waals surface area contributed by atoms with E-state index in [0.717, 1.165) is 30.8 Å². The van der Waals surface area contributed by atoms with Crippen LogP contribution in [-0.2, 0) is 4.74 Å². The standard InChI is InChI=1S/C22H22N6O2/c1-15-4-6-16(7-5-15)28-18(8-9-25-28)21-26-20(19-14-23-10-11-27(19)21)22(29)24-13-17-3-2-12-30-17/h4-11,14,17H,2-3,12-13H2,1H3,(H,24,29). The van der Waals surface area contributed by atoms with Gasteiger partial charge in [-0.15, -0.1) is 0 Å². The van der Waals surface area contributed by atoms with Gasteiger partial charge in [-0.3, -0.25) is 14.2 Å². The van der Waals surface area contributed by atoms with Crippen molar-refractivity contribution in [2.75, 3.05) is 13.2 Å². The molecule has 1 saturated heterocycles. The normalized spacial score (nSPS) is 16.2. The molecule has 0 aliphatic carbocycles. The van der Waals surface area contributed by atoms with E-state index >= 15 is 0 Å². The Kier molecular flexibility index (Phi) is 4.76. The number of rotatable bonds is 5. The lowest BCUT2D eigenvalue weighted by molar-refractivity contribution is 0.0855. The summed E-state index contributed by atoms with van der Waals surface area (Å²) in [6, 6.07) is 10.00. The molecule has 5 rings (SSSR count). The molecule has 0 radical (unpaired) electrons. The van der Waals surface area contributed by atoms with Crippen molar-refractivity contribution in [1.82, 2.24) is 29.5 Å². The smallest absolute Gasteiger partial charge is 0.272 e. The topological polar surface area (TPSA) is 86.3 Å². The Labute approximate surface area is 173 Å². The zero-order valence-electron chi connectivity index (χ0n) is 16.7. The van der Waals surface area contributed by atoms with Crippen molar-refractivity contribution in [2.45, 2.75) is 25.9 Å². The van der Waals surface area contributed by atoms with Gasteiger partial charge in [0.1, 0.15) is 5.69 Å². The van der Waals surface area contributed by atoms with Crippen LogP contribution in [0.1, 0.15) is 28.9 Å². The number of ether oxygens (including phenoxy) is 1. The predicted octanol–water partition coefficient (Wildman–Crippen LogP) is 2.80. The van der Waals surface area contributed by atoms with Gasteiger partial charge in [0.15, 0.2) is 11.5 Å². The molecule has 1 aromatic carbocycles. The van der Waals surface area contributed by atoms with Crippen LogP contribution in [0.15, 0.2) is 55.1 Å². The van der Waals surface area contributed by atoms with Crippen molar-refractivity contribution in [3.63, 3.8) is 0 Å². The van der Waals surface area contributed by atoms with E-state index in [1.54, 1.807) is 24.8 Å². The van der Waals surface area contributed by atoms with Crippen LogP contribution in [0.25, 0.3) is 22.7 Å². The summed E-state index contributed by atoms with van der Waals surface area (Å²) < 4.78 is 9.29. The molecule has 1 aliphatic rings. The van der Waals surface area contributed by atoms with E-state index in [2.05, 4.69) is 20.4 Å². The number of aryl methyl sites for hydroxylation is 1. The molecule has 152 valence electrons. The van der Waals surface area contributed by atoms with Crippen molar-refractivity contribution < 1.29 is 9.53 Å². The molecule has 0 spiro atoms. The lowest BCUT2D eigenvalue weighted by Gasteiger charge is -2.09. The number of imidazole rings is 1. The molecule has 1 amide bonds. The van der Waals surface area contributed by atoms with E-state index in [-0.39, 0.29) is 12.0 Å². The molecule has 4 aromatic rings. The first-order chi connectivity index (χ1) is 14.7. The fraction of sp³-hybridized carbons (Fsp3) is 0.273. The number of hydrogen-bond acceptors (Lipinski definition) is 5. The highest BCUT2D eigenvalue weighted by molar-refractivity contribution is 5.99. The molecular formula is C22H22N6O2. The second-order valence-corrected chi connectivity index (χ2v) is 7.42. The molecule has 1 atom stereocenters. The average Bonchev–Trinajstić information content (AvgIpc) is 3.51. The second kappa shape index (κ2) is 7.72. The summed E-state index contributed by atoms with van der Waals surface area (Å²) in [6.07, 6.45) is 8.94. The number of benzene rings is 1. The van der Waals surface area contributed by atoms with E-state index in [1.807, 2.05) is 46.3 Å². The minimum absolute atomic E-state index is 0.0726. The van der Waals surface area contributed by atoms with Crippen LogP contribution >= 0.6 is 0 Å². The third kappa shape index (κ3) is 3.35. The Morgan fingerprint density at radius 1 is 1.23 bits per heavy atom. The van der Waals surface area contributed by atoms with Gasteiger partial charge in [0.25, 0.3) is 5.91 Å². The van der Waals surface area contributed by atoms with Gasteiger partial charge in [-0.25, -0.2) is 9.67 Å². The lowest BCUT2D eigenvalue weighted by atomic mass is 10.2. The average molecular weight is 402 g/mol. The van der Waals surface area contributed by atoms with Crippen molar-refractivity contribution in [1.29, 1.82) is 0 Å². The highest BCUT2D eigenvalue weighted by Crippen LogP contribution is 2.25. The van der Waals surface area contributed by atoms with Crippen LogP contribution in [0.3, 0.4) is 0 Å². The Morgan fingerprint density at radius 2 is 2.10 bits per heavy atom. The van der Waals surface area contributed by atoms with E-state index in [0.29, 0.717) is 23.6 Å². The number of carbonyl (C=O) groups is 1. The Bertz CT molecular complexity index is 1190. The first-order valence-corrected chi connectivity index (χ1v) is 10.0. The fourth-order valence-electron chi connectivity index (χ4n) is 3.75. The van der Waals surface area contributed by atoms with Gasteiger partial charge < -0.3 is 10.1 Å². The third-order valence-electron chi connectivity index (χ3n) is 5.33. The molecule has 0 saturated carbocycles. The fourth-order valence-corrected chi connectivity index (χ4v) is 3.75. The zero-order valence-corrected chi connectivity index (χ0v) is 16.7. The van der Waals surface area contributed by atoms with Crippen LogP contribution in [0.5, 0.6) is 0 Å². The summed E-state index contributed by atoms with van der Waals surface area (Å²) in [7, 11) is 0. The molecule has 4 heterocycles. The lowest BCUT2D eigenvalue weighted by Crippen LogP contribution is -2.32. The maximum Gasteiger partial charge on any atom is 0.272 e. The number of carbonyl (C=O) groups excluding carboxylic acids is 1. The molecular weight excluding hydrogens is 380 g/mol. The molecule has 1 aliphatic heterocycles. The number of aromatic nitrogens is 5. The van der Waals surface area contributed by atoms with Crippen molar-refractivity contribution in [3.8, 4) is 17.2 Å². The van der Waals surface area contributed by atoms with Gasteiger partial charge in [-0.2, -0.15) is 5.10 Å². The van der Waals surface area contributed by atoms with Gasteiger partial charge in [0.2, 0.25) is 0 Å². The third-order valence-corrected chi connectivity index (χ3v) is 5.33. The summed E-state index contributed by atoms with van der Waals surface area (Å²) >= 11 is 0. The van der Waals surface area contributed by atoms with Crippen LogP contribution in [-0.4, -0.2) is 49.3 Å². The molecule has 1 fully saturated rings. The first kappa shape index (κ1) is 18.5. The SMILES string of the molecule is Cc1ccc(-n2nccc2-c2nc(C(=O)NCC3CCCO3)c3cnccn23)cc1. The second-order valence-electron chi connectivity index (χ2n) is 7.42.